The van der Waals surface area contributed by atoms with Crippen LogP contribution in [0.3, 0.4) is 0 Å². The number of aliphatic carboxylic acids is 1. The largest absolute Gasteiger partial charge is 0.545 e. The maximum absolute atomic E-state index is 13.0. The molecule has 0 aromatic heterocycles. The minimum atomic E-state index is -1.63. The molecule has 0 aromatic rings. The number of allylic oxidation sites excluding steroid dienone is 20. The Labute approximate surface area is 561 Å². The number of rotatable bonds is 69. The highest BCUT2D eigenvalue weighted by Crippen LogP contribution is 2.18. The van der Waals surface area contributed by atoms with Gasteiger partial charge in [0.15, 0.2) is 12.4 Å². The van der Waals surface area contributed by atoms with Gasteiger partial charge in [0.2, 0.25) is 0 Å². The Morgan fingerprint density at radius 1 is 0.330 bits per heavy atom. The summed E-state index contributed by atoms with van der Waals surface area (Å²) in [6.45, 7) is 4.55. The van der Waals surface area contributed by atoms with Crippen LogP contribution < -0.4 is 5.11 Å². The third-order valence-electron chi connectivity index (χ3n) is 16.2. The molecule has 0 bridgehead atoms. The number of carboxylic acid groups (broad SMARTS) is 1. The van der Waals surface area contributed by atoms with Crippen LogP contribution in [-0.2, 0) is 33.3 Å². The van der Waals surface area contributed by atoms with Crippen LogP contribution in [0.5, 0.6) is 0 Å². The molecule has 522 valence electrons. The number of esters is 2. The summed E-state index contributed by atoms with van der Waals surface area (Å²) < 4.78 is 22.9. The SMILES string of the molecule is CC/C=C\C/C=C\C/C=C\C/C=C\C/C=C\CCCCCCCCCCCCCCCCCCCCCC(=O)OC(COC(=O)CCCCCCCCCCCCCCCCC/C=C\C/C=C\C/C=C\C/C=C\C/C=C\CC)COC(OCC[N+](C)(C)C)C(=O)[O-]. The van der Waals surface area contributed by atoms with Crippen molar-refractivity contribution in [2.75, 3.05) is 47.5 Å². The van der Waals surface area contributed by atoms with E-state index in [9.17, 15) is 19.5 Å². The quantitative estimate of drug-likeness (QED) is 0.0195. The van der Waals surface area contributed by atoms with Crippen LogP contribution in [-0.4, -0.2) is 82.3 Å². The maximum Gasteiger partial charge on any atom is 0.306 e. The van der Waals surface area contributed by atoms with E-state index in [0.717, 1.165) is 96.3 Å². The van der Waals surface area contributed by atoms with E-state index in [4.69, 9.17) is 18.9 Å². The Kier molecular flexibility index (Phi) is 68.1. The smallest absolute Gasteiger partial charge is 0.306 e. The van der Waals surface area contributed by atoms with Gasteiger partial charge >= 0.3 is 11.9 Å². The Morgan fingerprint density at radius 2 is 0.593 bits per heavy atom. The van der Waals surface area contributed by atoms with Crippen LogP contribution in [0.15, 0.2) is 122 Å². The molecule has 91 heavy (non-hydrogen) atoms. The van der Waals surface area contributed by atoms with Crippen molar-refractivity contribution >= 4 is 17.9 Å². The zero-order valence-electron chi connectivity index (χ0n) is 59.7. The molecule has 0 spiro atoms. The number of likely N-dealkylation sites (N-methyl/N-ethyl adjacent to an activating group) is 1. The number of carbonyl (C=O) groups excluding carboxylic acids is 3. The van der Waals surface area contributed by atoms with Gasteiger partial charge in [-0.2, -0.15) is 0 Å². The van der Waals surface area contributed by atoms with Crippen LogP contribution in [0.25, 0.3) is 0 Å². The minimum absolute atomic E-state index is 0.145. The van der Waals surface area contributed by atoms with Crippen molar-refractivity contribution in [1.29, 1.82) is 0 Å². The first-order chi connectivity index (χ1) is 44.6. The fraction of sp³-hybridized carbons (Fsp3) is 0.720. The third kappa shape index (κ3) is 73.0. The highest BCUT2D eigenvalue weighted by Gasteiger charge is 2.22. The summed E-state index contributed by atoms with van der Waals surface area (Å²) in [6.07, 6.45) is 98.7. The average molecular weight is 1270 g/mol. The predicted octanol–water partition coefficient (Wildman–Crippen LogP) is 22.6. The number of hydrogen-bond acceptors (Lipinski definition) is 8. The predicted molar refractivity (Wildman–Crippen MR) is 389 cm³/mol. The Morgan fingerprint density at radius 3 is 0.879 bits per heavy atom. The van der Waals surface area contributed by atoms with Gasteiger partial charge in [-0.1, -0.05) is 328 Å². The summed E-state index contributed by atoms with van der Waals surface area (Å²) in [4.78, 5) is 37.6. The number of ether oxygens (including phenoxy) is 4. The summed E-state index contributed by atoms with van der Waals surface area (Å²) in [5.41, 5.74) is 0. The van der Waals surface area contributed by atoms with Crippen LogP contribution in [0.2, 0.25) is 0 Å². The second-order valence-corrected chi connectivity index (χ2v) is 26.2. The van der Waals surface area contributed by atoms with Gasteiger partial charge in [-0.25, -0.2) is 0 Å². The number of carbonyl (C=O) groups is 3. The van der Waals surface area contributed by atoms with Crippen LogP contribution in [0, 0.1) is 0 Å². The maximum atomic E-state index is 13.0. The van der Waals surface area contributed by atoms with Gasteiger partial charge in [0.05, 0.1) is 40.3 Å². The minimum Gasteiger partial charge on any atom is -0.545 e. The van der Waals surface area contributed by atoms with E-state index in [-0.39, 0.29) is 38.6 Å². The first-order valence-corrected chi connectivity index (χ1v) is 37.7. The molecule has 2 unspecified atom stereocenters. The molecule has 0 aliphatic carbocycles. The lowest BCUT2D eigenvalue weighted by Crippen LogP contribution is -2.44. The van der Waals surface area contributed by atoms with E-state index in [1.165, 1.54) is 193 Å². The first kappa shape index (κ1) is 86.7. The second kappa shape index (κ2) is 71.5. The number of nitrogens with zero attached hydrogens (tertiary/aromatic N) is 1. The molecule has 0 saturated heterocycles. The van der Waals surface area contributed by atoms with Crippen LogP contribution in [0.4, 0.5) is 0 Å². The molecule has 0 N–H and O–H groups in total. The van der Waals surface area contributed by atoms with Gasteiger partial charge in [0.25, 0.3) is 0 Å². The fourth-order valence-corrected chi connectivity index (χ4v) is 10.5. The average Bonchev–Trinajstić information content (AvgIpc) is 3.46. The zero-order valence-corrected chi connectivity index (χ0v) is 59.7. The van der Waals surface area contributed by atoms with Crippen molar-refractivity contribution in [1.82, 2.24) is 0 Å². The van der Waals surface area contributed by atoms with Crippen molar-refractivity contribution < 1.29 is 42.9 Å². The van der Waals surface area contributed by atoms with E-state index < -0.39 is 24.3 Å². The highest BCUT2D eigenvalue weighted by atomic mass is 16.7. The number of carboxylic acids is 1. The van der Waals surface area contributed by atoms with Gasteiger partial charge in [-0.15, -0.1) is 0 Å². The number of quaternary nitrogens is 1. The van der Waals surface area contributed by atoms with Gasteiger partial charge < -0.3 is 33.3 Å². The molecule has 0 radical (unpaired) electrons. The summed E-state index contributed by atoms with van der Waals surface area (Å²) in [5.74, 6) is -2.27. The third-order valence-corrected chi connectivity index (χ3v) is 16.2. The molecule has 0 rings (SSSR count). The summed E-state index contributed by atoms with van der Waals surface area (Å²) in [7, 11) is 5.94. The Bertz CT molecular complexity index is 1910. The Hall–Kier alpha value is -4.31. The van der Waals surface area contributed by atoms with Crippen molar-refractivity contribution in [3.05, 3.63) is 122 Å². The topological polar surface area (TPSA) is 111 Å². The standard InChI is InChI=1S/C82H141NO8/c1-6-8-10-12-14-16-18-20-22-24-26-28-30-32-34-36-38-39-40-41-43-45-47-49-51-53-55-57-59-61-63-65-67-69-71-73-80(85)91-78(77-90-82(81(86)87)88-75-74-83(3,4)5)76-89-79(84)72-70-68-66-64-62-60-58-56-54-52-50-48-46-44-42-37-35-33-31-29-27-25-23-21-19-17-15-13-11-9-7-2/h8-11,14-17,20-23,26-29,32-35,78,82H,6-7,12-13,18-19,24-25,30-31,36-77H2,1-5H3/b10-8-,11-9-,16-14-,17-15-,22-20-,23-21-,28-26-,29-27-,34-32-,35-33-. The van der Waals surface area contributed by atoms with E-state index in [0.29, 0.717) is 17.4 Å². The fourth-order valence-electron chi connectivity index (χ4n) is 10.5. The lowest BCUT2D eigenvalue weighted by atomic mass is 10.0. The molecule has 9 heteroatoms. The normalized spacial score (nSPS) is 13.4. The molecule has 0 saturated carbocycles. The molecular weight excluding hydrogens is 1130 g/mol. The molecule has 0 heterocycles. The zero-order chi connectivity index (χ0) is 66.1. The van der Waals surface area contributed by atoms with Gasteiger partial charge in [0, 0.05) is 12.8 Å². The lowest BCUT2D eigenvalue weighted by Gasteiger charge is -2.26. The van der Waals surface area contributed by atoms with E-state index in [1.54, 1.807) is 0 Å². The number of hydrogen-bond donors (Lipinski definition) is 0. The summed E-state index contributed by atoms with van der Waals surface area (Å²) >= 11 is 0. The van der Waals surface area contributed by atoms with E-state index in [2.05, 4.69) is 135 Å². The lowest BCUT2D eigenvalue weighted by molar-refractivity contribution is -0.870. The van der Waals surface area contributed by atoms with Gasteiger partial charge in [-0.05, 0) is 103 Å². The molecule has 0 aliphatic heterocycles. The highest BCUT2D eigenvalue weighted by molar-refractivity contribution is 5.70. The summed E-state index contributed by atoms with van der Waals surface area (Å²) in [6, 6.07) is 0. The van der Waals surface area contributed by atoms with Gasteiger partial charge in [0.1, 0.15) is 13.2 Å². The molecule has 9 nitrogen and oxygen atoms in total. The summed E-state index contributed by atoms with van der Waals surface area (Å²) in [5, 5.41) is 11.9. The van der Waals surface area contributed by atoms with Crippen molar-refractivity contribution in [2.24, 2.45) is 0 Å². The van der Waals surface area contributed by atoms with E-state index >= 15 is 0 Å². The number of unbranched alkanes of at least 4 members (excludes halogenated alkanes) is 34. The molecule has 0 amide bonds. The molecule has 0 aromatic carbocycles. The monoisotopic (exact) mass is 1270 g/mol. The second-order valence-electron chi connectivity index (χ2n) is 26.2. The van der Waals surface area contributed by atoms with Crippen molar-refractivity contribution in [3.63, 3.8) is 0 Å². The molecule has 0 aliphatic rings. The van der Waals surface area contributed by atoms with E-state index in [1.807, 2.05) is 21.1 Å². The van der Waals surface area contributed by atoms with Crippen LogP contribution in [0.1, 0.15) is 322 Å². The molecule has 2 atom stereocenters. The van der Waals surface area contributed by atoms with Crippen LogP contribution >= 0.6 is 0 Å². The van der Waals surface area contributed by atoms with Crippen molar-refractivity contribution in [2.45, 2.75) is 334 Å². The Balaban J connectivity index is 4.05. The van der Waals surface area contributed by atoms with Crippen molar-refractivity contribution in [3.8, 4) is 0 Å². The molecular formula is C82H141NO8. The van der Waals surface area contributed by atoms with Gasteiger partial charge in [-0.3, -0.25) is 9.59 Å². The first-order valence-electron chi connectivity index (χ1n) is 37.7. The molecule has 0 fully saturated rings.